The van der Waals surface area contributed by atoms with E-state index in [1.807, 2.05) is 30.3 Å². The number of rotatable bonds is 7. The number of anilines is 1. The lowest BCUT2D eigenvalue weighted by atomic mass is 9.95. The number of fused-ring (bicyclic) bond motifs is 1. The molecule has 2 aromatic heterocycles. The summed E-state index contributed by atoms with van der Waals surface area (Å²) in [5, 5.41) is 30.8. The summed E-state index contributed by atoms with van der Waals surface area (Å²) in [7, 11) is 0. The Morgan fingerprint density at radius 3 is 2.54 bits per heavy atom. The standard InChI is InChI=1S/C28H18ClN3O5S2/c29-19-7-3-1-6-17(19)14-38-28-31-30-27(39-28)32-23(15-9-11-18(33)12-10-15)22(25(35)26(32)36)24(34)21-13-16-5-2-4-8-20(16)37-21/h1-13,23,33,35H,14H2. The number of benzene rings is 3. The molecule has 39 heavy (non-hydrogen) atoms. The number of ketones is 1. The number of para-hydroxylation sites is 1. The maximum Gasteiger partial charge on any atom is 0.296 e. The van der Waals surface area contributed by atoms with Crippen molar-refractivity contribution < 1.29 is 24.2 Å². The monoisotopic (exact) mass is 575 g/mol. The molecule has 0 saturated heterocycles. The van der Waals surface area contributed by atoms with Crippen molar-refractivity contribution in [2.45, 2.75) is 16.1 Å². The maximum atomic E-state index is 13.7. The topological polar surface area (TPSA) is 117 Å². The highest BCUT2D eigenvalue weighted by Gasteiger charge is 2.46. The summed E-state index contributed by atoms with van der Waals surface area (Å²) in [6, 6.07) is 21.2. The molecule has 5 aromatic rings. The number of aliphatic hydroxyl groups is 1. The fourth-order valence-electron chi connectivity index (χ4n) is 4.35. The van der Waals surface area contributed by atoms with E-state index in [1.165, 1.54) is 28.8 Å². The molecular weight excluding hydrogens is 558 g/mol. The molecule has 1 aliphatic heterocycles. The minimum atomic E-state index is -1.02. The Morgan fingerprint density at radius 2 is 1.77 bits per heavy atom. The second-order valence-corrected chi connectivity index (χ2v) is 11.2. The summed E-state index contributed by atoms with van der Waals surface area (Å²) >= 11 is 8.83. The Kier molecular flexibility index (Phi) is 6.59. The predicted molar refractivity (Wildman–Crippen MR) is 149 cm³/mol. The first-order valence-corrected chi connectivity index (χ1v) is 13.9. The Balaban J connectivity index is 1.36. The van der Waals surface area contributed by atoms with E-state index in [2.05, 4.69) is 10.2 Å². The van der Waals surface area contributed by atoms with Gasteiger partial charge in [-0.2, -0.15) is 0 Å². The van der Waals surface area contributed by atoms with Gasteiger partial charge in [0, 0.05) is 16.2 Å². The van der Waals surface area contributed by atoms with E-state index >= 15 is 0 Å². The highest BCUT2D eigenvalue weighted by molar-refractivity contribution is 8.00. The fraction of sp³-hybridized carbons (Fsp3) is 0.0714. The van der Waals surface area contributed by atoms with Crippen LogP contribution in [0.15, 0.2) is 99.0 Å². The summed E-state index contributed by atoms with van der Waals surface area (Å²) in [4.78, 5) is 28.4. The molecule has 0 saturated carbocycles. The van der Waals surface area contributed by atoms with Crippen molar-refractivity contribution in [3.8, 4) is 5.75 Å². The van der Waals surface area contributed by atoms with Crippen molar-refractivity contribution in [1.29, 1.82) is 0 Å². The van der Waals surface area contributed by atoms with E-state index in [1.54, 1.807) is 36.4 Å². The number of aliphatic hydroxyl groups excluding tert-OH is 1. The minimum Gasteiger partial charge on any atom is -0.508 e. The molecular formula is C28H18ClN3O5S2. The number of phenols is 1. The van der Waals surface area contributed by atoms with Crippen LogP contribution in [0.1, 0.15) is 27.7 Å². The minimum absolute atomic E-state index is 0.00979. The average Bonchev–Trinajstić information content (AvgIpc) is 3.65. The van der Waals surface area contributed by atoms with Crippen molar-refractivity contribution in [2.75, 3.05) is 4.90 Å². The molecule has 8 nitrogen and oxygen atoms in total. The number of carbonyl (C=O) groups excluding carboxylic acids is 2. The third-order valence-electron chi connectivity index (χ3n) is 6.22. The van der Waals surface area contributed by atoms with E-state index < -0.39 is 23.5 Å². The Morgan fingerprint density at radius 1 is 1.03 bits per heavy atom. The molecule has 1 aliphatic rings. The van der Waals surface area contributed by atoms with Gasteiger partial charge in [0.05, 0.1) is 11.6 Å². The Hall–Kier alpha value is -4.12. The first kappa shape index (κ1) is 25.2. The number of hydrogen-bond acceptors (Lipinski definition) is 9. The molecule has 1 amide bonds. The summed E-state index contributed by atoms with van der Waals surface area (Å²) in [5.74, 6) is -1.56. The molecule has 2 N–H and O–H groups in total. The van der Waals surface area contributed by atoms with Crippen LogP contribution in [-0.2, 0) is 10.5 Å². The summed E-state index contributed by atoms with van der Waals surface area (Å²) in [5.41, 5.74) is 1.78. The number of nitrogens with zero attached hydrogens (tertiary/aromatic N) is 3. The van der Waals surface area contributed by atoms with E-state index in [4.69, 9.17) is 16.0 Å². The van der Waals surface area contributed by atoms with Gasteiger partial charge in [-0.3, -0.25) is 14.5 Å². The summed E-state index contributed by atoms with van der Waals surface area (Å²) in [6.07, 6.45) is 0. The van der Waals surface area contributed by atoms with Crippen molar-refractivity contribution in [3.05, 3.63) is 112 Å². The van der Waals surface area contributed by atoms with Crippen LogP contribution in [0.3, 0.4) is 0 Å². The van der Waals surface area contributed by atoms with Gasteiger partial charge in [0.2, 0.25) is 10.9 Å². The molecule has 0 aliphatic carbocycles. The van der Waals surface area contributed by atoms with Gasteiger partial charge in [-0.25, -0.2) is 0 Å². The number of aromatic nitrogens is 2. The summed E-state index contributed by atoms with van der Waals surface area (Å²) < 4.78 is 6.34. The highest BCUT2D eigenvalue weighted by atomic mass is 35.5. The molecule has 3 heterocycles. The van der Waals surface area contributed by atoms with E-state index in [0.29, 0.717) is 31.6 Å². The van der Waals surface area contributed by atoms with Gasteiger partial charge >= 0.3 is 0 Å². The molecule has 11 heteroatoms. The van der Waals surface area contributed by atoms with Crippen molar-refractivity contribution in [2.24, 2.45) is 0 Å². The number of halogens is 1. The van der Waals surface area contributed by atoms with Gasteiger partial charge in [0.25, 0.3) is 5.91 Å². The van der Waals surface area contributed by atoms with Crippen molar-refractivity contribution in [1.82, 2.24) is 10.2 Å². The fourth-order valence-corrected chi connectivity index (χ4v) is 6.50. The van der Waals surface area contributed by atoms with Crippen LogP contribution in [0, 0.1) is 0 Å². The van der Waals surface area contributed by atoms with Gasteiger partial charge in [0.15, 0.2) is 15.9 Å². The van der Waals surface area contributed by atoms with Gasteiger partial charge in [0.1, 0.15) is 11.3 Å². The van der Waals surface area contributed by atoms with Gasteiger partial charge < -0.3 is 14.6 Å². The quantitative estimate of drug-likeness (QED) is 0.125. The van der Waals surface area contributed by atoms with Crippen LogP contribution < -0.4 is 4.90 Å². The van der Waals surface area contributed by atoms with Crippen molar-refractivity contribution in [3.63, 3.8) is 0 Å². The van der Waals surface area contributed by atoms with Gasteiger partial charge in [-0.1, -0.05) is 83.2 Å². The highest BCUT2D eigenvalue weighted by Crippen LogP contribution is 2.44. The maximum absolute atomic E-state index is 13.7. The number of aromatic hydroxyl groups is 1. The second-order valence-electron chi connectivity index (χ2n) is 8.64. The van der Waals surface area contributed by atoms with E-state index in [9.17, 15) is 19.8 Å². The van der Waals surface area contributed by atoms with Crippen LogP contribution in [0.25, 0.3) is 11.0 Å². The number of furan rings is 1. The normalized spacial score (nSPS) is 15.5. The number of amides is 1. The molecule has 0 spiro atoms. The van der Waals surface area contributed by atoms with Crippen LogP contribution in [-0.4, -0.2) is 32.1 Å². The number of thioether (sulfide) groups is 1. The van der Waals surface area contributed by atoms with Crippen LogP contribution >= 0.6 is 34.7 Å². The van der Waals surface area contributed by atoms with Gasteiger partial charge in [-0.15, -0.1) is 10.2 Å². The zero-order valence-corrected chi connectivity index (χ0v) is 22.3. The molecule has 0 bridgehead atoms. The molecule has 1 unspecified atom stereocenters. The SMILES string of the molecule is O=C(C1=C(O)C(=O)N(c2nnc(SCc3ccccc3Cl)s2)C1c1ccc(O)cc1)c1cc2ccccc2o1. The van der Waals surface area contributed by atoms with Crippen LogP contribution in [0.4, 0.5) is 5.13 Å². The van der Waals surface area contributed by atoms with Crippen molar-refractivity contribution >= 4 is 62.5 Å². The lowest BCUT2D eigenvalue weighted by Gasteiger charge is -2.23. The van der Waals surface area contributed by atoms with Gasteiger partial charge in [-0.05, 0) is 41.5 Å². The van der Waals surface area contributed by atoms with E-state index in [-0.39, 0.29) is 22.2 Å². The molecule has 0 radical (unpaired) electrons. The Labute approximate surface area is 235 Å². The number of carbonyl (C=O) groups is 2. The third-order valence-corrected chi connectivity index (χ3v) is 8.70. The first-order chi connectivity index (χ1) is 18.9. The zero-order chi connectivity index (χ0) is 27.1. The molecule has 3 aromatic carbocycles. The second kappa shape index (κ2) is 10.2. The molecule has 1 atom stereocenters. The molecule has 194 valence electrons. The van der Waals surface area contributed by atoms with Crippen LogP contribution in [0.5, 0.6) is 5.75 Å². The zero-order valence-electron chi connectivity index (χ0n) is 19.9. The first-order valence-electron chi connectivity index (χ1n) is 11.7. The summed E-state index contributed by atoms with van der Waals surface area (Å²) in [6.45, 7) is 0. The number of Topliss-reactive ketones (excluding diaryl/α,β-unsaturated/α-hetero) is 1. The Bertz CT molecular complexity index is 1730. The molecule has 6 rings (SSSR count). The average molecular weight is 576 g/mol. The van der Waals surface area contributed by atoms with E-state index in [0.717, 1.165) is 16.9 Å². The number of phenolic OH excluding ortho intramolecular Hbond substituents is 1. The molecule has 0 fully saturated rings. The third kappa shape index (κ3) is 4.67. The predicted octanol–water partition coefficient (Wildman–Crippen LogP) is 6.72. The largest absolute Gasteiger partial charge is 0.508 e. The lowest BCUT2D eigenvalue weighted by Crippen LogP contribution is -2.31. The number of hydrogen-bond donors (Lipinski definition) is 2. The van der Waals surface area contributed by atoms with Crippen LogP contribution in [0.2, 0.25) is 5.02 Å². The smallest absolute Gasteiger partial charge is 0.296 e. The lowest BCUT2D eigenvalue weighted by molar-refractivity contribution is -0.117.